The van der Waals surface area contributed by atoms with Gasteiger partial charge in [0, 0.05) is 29.6 Å². The van der Waals surface area contributed by atoms with Crippen molar-refractivity contribution in [2.75, 3.05) is 5.32 Å². The maximum atomic E-state index is 13.5. The Morgan fingerprint density at radius 2 is 2.15 bits per heavy atom. The van der Waals surface area contributed by atoms with Gasteiger partial charge in [0.1, 0.15) is 5.82 Å². The molecule has 4 N–H and O–H groups in total. The molecular formula is C14H14FN3O2. The van der Waals surface area contributed by atoms with Gasteiger partial charge >= 0.3 is 0 Å². The molecule has 0 aliphatic rings. The molecular weight excluding hydrogens is 261 g/mol. The topological polar surface area (TPSA) is 88.2 Å². The maximum Gasteiger partial charge on any atom is 0.255 e. The number of nitrogens with two attached hydrogens (primary N) is 1. The van der Waals surface area contributed by atoms with Crippen molar-refractivity contribution < 1.29 is 14.3 Å². The first-order valence-corrected chi connectivity index (χ1v) is 5.99. The number of anilines is 1. The van der Waals surface area contributed by atoms with Crippen molar-refractivity contribution in [3.05, 3.63) is 59.2 Å². The average Bonchev–Trinajstić information content (AvgIpc) is 2.47. The zero-order chi connectivity index (χ0) is 14.5. The fraction of sp³-hybridized carbons (Fsp3) is 0.143. The minimum atomic E-state index is -0.462. The summed E-state index contributed by atoms with van der Waals surface area (Å²) in [4.78, 5) is 15.9. The van der Waals surface area contributed by atoms with Crippen LogP contribution in [0.5, 0.6) is 0 Å². The molecule has 0 radical (unpaired) electrons. The lowest BCUT2D eigenvalue weighted by Crippen LogP contribution is -2.13. The van der Waals surface area contributed by atoms with E-state index < -0.39 is 11.7 Å². The second-order valence-corrected chi connectivity index (χ2v) is 4.16. The molecule has 6 heteroatoms. The number of pyridine rings is 1. The van der Waals surface area contributed by atoms with Crippen molar-refractivity contribution in [2.45, 2.75) is 13.2 Å². The smallest absolute Gasteiger partial charge is 0.255 e. The van der Waals surface area contributed by atoms with Crippen LogP contribution in [-0.4, -0.2) is 16.0 Å². The third-order valence-corrected chi connectivity index (χ3v) is 2.77. The summed E-state index contributed by atoms with van der Waals surface area (Å²) in [6, 6.07) is 7.31. The largest absolute Gasteiger partial charge is 0.390 e. The zero-order valence-electron chi connectivity index (χ0n) is 10.6. The van der Waals surface area contributed by atoms with Crippen LogP contribution in [0.15, 0.2) is 36.5 Å². The van der Waals surface area contributed by atoms with Gasteiger partial charge in [-0.2, -0.15) is 0 Å². The van der Waals surface area contributed by atoms with Gasteiger partial charge in [-0.3, -0.25) is 9.78 Å². The second-order valence-electron chi connectivity index (χ2n) is 4.16. The number of hydrogen-bond donors (Lipinski definition) is 3. The van der Waals surface area contributed by atoms with Gasteiger partial charge in [0.25, 0.3) is 5.91 Å². The van der Waals surface area contributed by atoms with Crippen LogP contribution in [0.2, 0.25) is 0 Å². The molecule has 104 valence electrons. The molecule has 1 amide bonds. The van der Waals surface area contributed by atoms with Crippen molar-refractivity contribution >= 4 is 11.6 Å². The van der Waals surface area contributed by atoms with Crippen LogP contribution < -0.4 is 11.1 Å². The minimum absolute atomic E-state index is 0.101. The predicted molar refractivity (Wildman–Crippen MR) is 72.4 cm³/mol. The summed E-state index contributed by atoms with van der Waals surface area (Å²) in [7, 11) is 0. The van der Waals surface area contributed by atoms with Gasteiger partial charge in [0.05, 0.1) is 12.3 Å². The molecule has 0 fully saturated rings. The SMILES string of the molecule is NCc1ccc(NC(=O)c2ccnc(CO)c2)cc1F. The number of rotatable bonds is 4. The summed E-state index contributed by atoms with van der Waals surface area (Å²) in [5.74, 6) is -0.863. The number of benzene rings is 1. The summed E-state index contributed by atoms with van der Waals surface area (Å²) >= 11 is 0. The first-order chi connectivity index (χ1) is 9.63. The van der Waals surface area contributed by atoms with Crippen LogP contribution >= 0.6 is 0 Å². The number of halogens is 1. The highest BCUT2D eigenvalue weighted by Crippen LogP contribution is 2.15. The van der Waals surface area contributed by atoms with Gasteiger partial charge in [-0.25, -0.2) is 4.39 Å². The number of nitrogens with one attached hydrogen (secondary N) is 1. The van der Waals surface area contributed by atoms with Crippen molar-refractivity contribution in [1.82, 2.24) is 4.98 Å². The number of aliphatic hydroxyl groups excluding tert-OH is 1. The highest BCUT2D eigenvalue weighted by Gasteiger charge is 2.09. The van der Waals surface area contributed by atoms with Crippen LogP contribution in [-0.2, 0) is 13.2 Å². The molecule has 20 heavy (non-hydrogen) atoms. The number of hydrogen-bond acceptors (Lipinski definition) is 4. The van der Waals surface area contributed by atoms with Gasteiger partial charge in [0.2, 0.25) is 0 Å². The fourth-order valence-corrected chi connectivity index (χ4v) is 1.70. The lowest BCUT2D eigenvalue weighted by Gasteiger charge is -2.07. The molecule has 0 atom stereocenters. The van der Waals surface area contributed by atoms with E-state index in [2.05, 4.69) is 10.3 Å². The molecule has 0 saturated heterocycles. The monoisotopic (exact) mass is 275 g/mol. The number of amides is 1. The lowest BCUT2D eigenvalue weighted by molar-refractivity contribution is 0.102. The van der Waals surface area contributed by atoms with Crippen LogP contribution in [0, 0.1) is 5.82 Å². The van der Waals surface area contributed by atoms with E-state index in [4.69, 9.17) is 10.8 Å². The average molecular weight is 275 g/mol. The normalized spacial score (nSPS) is 10.3. The van der Waals surface area contributed by atoms with Gasteiger partial charge in [0.15, 0.2) is 0 Å². The summed E-state index contributed by atoms with van der Waals surface area (Å²) in [6.45, 7) is -0.148. The van der Waals surface area contributed by atoms with E-state index in [0.717, 1.165) is 0 Å². The minimum Gasteiger partial charge on any atom is -0.390 e. The highest BCUT2D eigenvalue weighted by molar-refractivity contribution is 6.04. The first-order valence-electron chi connectivity index (χ1n) is 5.99. The van der Waals surface area contributed by atoms with Gasteiger partial charge in [-0.1, -0.05) is 6.07 Å². The van der Waals surface area contributed by atoms with Crippen molar-refractivity contribution in [3.8, 4) is 0 Å². The van der Waals surface area contributed by atoms with Crippen LogP contribution in [0.25, 0.3) is 0 Å². The Morgan fingerprint density at radius 1 is 1.35 bits per heavy atom. The Labute approximate surface area is 115 Å². The van der Waals surface area contributed by atoms with Crippen molar-refractivity contribution in [3.63, 3.8) is 0 Å². The molecule has 1 aromatic carbocycles. The Morgan fingerprint density at radius 3 is 2.80 bits per heavy atom. The summed E-state index contributed by atoms with van der Waals surface area (Å²) in [5, 5.41) is 11.5. The van der Waals surface area contributed by atoms with Crippen LogP contribution in [0.3, 0.4) is 0 Å². The molecule has 0 spiro atoms. The van der Waals surface area contributed by atoms with Gasteiger partial charge in [-0.15, -0.1) is 0 Å². The quantitative estimate of drug-likeness (QED) is 0.787. The highest BCUT2D eigenvalue weighted by atomic mass is 19.1. The molecule has 0 aliphatic heterocycles. The van der Waals surface area contributed by atoms with Crippen LogP contribution in [0.4, 0.5) is 10.1 Å². The van der Waals surface area contributed by atoms with E-state index in [1.54, 1.807) is 6.07 Å². The molecule has 0 aliphatic carbocycles. The number of aromatic nitrogens is 1. The molecule has 0 bridgehead atoms. The van der Waals surface area contributed by atoms with E-state index in [1.807, 2.05) is 0 Å². The van der Waals surface area contributed by atoms with Crippen molar-refractivity contribution in [2.24, 2.45) is 5.73 Å². The summed E-state index contributed by atoms with van der Waals surface area (Å²) < 4.78 is 13.5. The molecule has 0 unspecified atom stereocenters. The van der Waals surface area contributed by atoms with E-state index >= 15 is 0 Å². The third-order valence-electron chi connectivity index (χ3n) is 2.77. The van der Waals surface area contributed by atoms with E-state index in [0.29, 0.717) is 22.5 Å². The first kappa shape index (κ1) is 14.1. The molecule has 1 aromatic heterocycles. The fourth-order valence-electron chi connectivity index (χ4n) is 1.70. The van der Waals surface area contributed by atoms with Gasteiger partial charge in [-0.05, 0) is 24.3 Å². The molecule has 1 heterocycles. The number of carbonyl (C=O) groups excluding carboxylic acids is 1. The molecule has 2 aromatic rings. The summed E-state index contributed by atoms with van der Waals surface area (Å²) in [5.41, 5.74) is 6.82. The predicted octanol–water partition coefficient (Wildman–Crippen LogP) is 1.42. The second kappa shape index (κ2) is 6.23. The Hall–Kier alpha value is -2.31. The summed E-state index contributed by atoms with van der Waals surface area (Å²) in [6.07, 6.45) is 1.43. The molecule has 5 nitrogen and oxygen atoms in total. The number of nitrogens with zero attached hydrogens (tertiary/aromatic N) is 1. The molecule has 0 saturated carbocycles. The Balaban J connectivity index is 2.16. The van der Waals surface area contributed by atoms with Crippen molar-refractivity contribution in [1.29, 1.82) is 0 Å². The number of aliphatic hydroxyl groups is 1. The standard InChI is InChI=1S/C14H14FN3O2/c15-13-6-11(2-1-10(13)7-16)18-14(20)9-3-4-17-12(5-9)8-19/h1-6,19H,7-8,16H2,(H,18,20). The van der Waals surface area contributed by atoms with Gasteiger partial charge < -0.3 is 16.2 Å². The van der Waals surface area contributed by atoms with E-state index in [1.165, 1.54) is 30.5 Å². The van der Waals surface area contributed by atoms with E-state index in [9.17, 15) is 9.18 Å². The third kappa shape index (κ3) is 3.17. The maximum absolute atomic E-state index is 13.5. The number of carbonyl (C=O) groups is 1. The van der Waals surface area contributed by atoms with Crippen LogP contribution in [0.1, 0.15) is 21.6 Å². The lowest BCUT2D eigenvalue weighted by atomic mass is 10.1. The Kier molecular flexibility index (Phi) is 4.39. The molecule has 2 rings (SSSR count). The zero-order valence-corrected chi connectivity index (χ0v) is 10.6. The van der Waals surface area contributed by atoms with E-state index in [-0.39, 0.29) is 13.2 Å². The Bertz CT molecular complexity index is 632.